The minimum Gasteiger partial charge on any atom is -0.376 e. The van der Waals surface area contributed by atoms with Crippen molar-refractivity contribution in [3.05, 3.63) is 64.7 Å². The van der Waals surface area contributed by atoms with Crippen LogP contribution >= 0.6 is 0 Å². The third-order valence-electron chi connectivity index (χ3n) is 3.06. The van der Waals surface area contributed by atoms with E-state index in [2.05, 4.69) is 5.32 Å². The van der Waals surface area contributed by atoms with Crippen molar-refractivity contribution >= 4 is 5.69 Å². The van der Waals surface area contributed by atoms with E-state index in [9.17, 15) is 22.0 Å². The van der Waals surface area contributed by atoms with Crippen molar-refractivity contribution in [2.45, 2.75) is 19.6 Å². The molecule has 2 aromatic carbocycles. The molecule has 0 saturated carbocycles. The Labute approximate surface area is 118 Å². The highest BCUT2D eigenvalue weighted by Crippen LogP contribution is 2.32. The van der Waals surface area contributed by atoms with Crippen LogP contribution in [0.25, 0.3) is 0 Å². The lowest BCUT2D eigenvalue weighted by Crippen LogP contribution is -2.12. The van der Waals surface area contributed by atoms with E-state index in [4.69, 9.17) is 0 Å². The highest BCUT2D eigenvalue weighted by Gasteiger charge is 2.32. The van der Waals surface area contributed by atoms with Gasteiger partial charge in [-0.25, -0.2) is 8.78 Å². The van der Waals surface area contributed by atoms with Gasteiger partial charge in [0.05, 0.1) is 5.56 Å². The number of rotatable bonds is 3. The molecule has 21 heavy (non-hydrogen) atoms. The maximum absolute atomic E-state index is 13.8. The maximum Gasteiger partial charge on any atom is 0.416 e. The van der Waals surface area contributed by atoms with Crippen LogP contribution in [0.1, 0.15) is 16.7 Å². The zero-order valence-electron chi connectivity index (χ0n) is 11.1. The zero-order chi connectivity index (χ0) is 15.6. The number of anilines is 1. The normalized spacial score (nSPS) is 11.5. The van der Waals surface area contributed by atoms with Crippen LogP contribution in [-0.4, -0.2) is 0 Å². The third-order valence-corrected chi connectivity index (χ3v) is 3.06. The van der Waals surface area contributed by atoms with Gasteiger partial charge < -0.3 is 5.32 Å². The highest BCUT2D eigenvalue weighted by atomic mass is 19.4. The summed E-state index contributed by atoms with van der Waals surface area (Å²) >= 11 is 0. The average molecular weight is 301 g/mol. The Hall–Kier alpha value is -2.11. The van der Waals surface area contributed by atoms with Gasteiger partial charge in [-0.2, -0.15) is 13.2 Å². The van der Waals surface area contributed by atoms with Crippen molar-refractivity contribution in [3.8, 4) is 0 Å². The Morgan fingerprint density at radius 1 is 1.00 bits per heavy atom. The fourth-order valence-electron chi connectivity index (χ4n) is 1.95. The minimum atomic E-state index is -4.51. The van der Waals surface area contributed by atoms with Gasteiger partial charge in [-0.1, -0.05) is 24.3 Å². The first-order valence-electron chi connectivity index (χ1n) is 6.14. The van der Waals surface area contributed by atoms with Gasteiger partial charge in [0.25, 0.3) is 0 Å². The van der Waals surface area contributed by atoms with Gasteiger partial charge in [-0.3, -0.25) is 0 Å². The Morgan fingerprint density at radius 2 is 1.67 bits per heavy atom. The minimum absolute atomic E-state index is 0.0784. The summed E-state index contributed by atoms with van der Waals surface area (Å²) in [5, 5.41) is 2.40. The molecule has 1 nitrogen and oxygen atoms in total. The topological polar surface area (TPSA) is 12.0 Å². The summed E-state index contributed by atoms with van der Waals surface area (Å²) < 4.78 is 65.8. The van der Waals surface area contributed by atoms with E-state index >= 15 is 0 Å². The van der Waals surface area contributed by atoms with E-state index in [1.165, 1.54) is 31.2 Å². The van der Waals surface area contributed by atoms with Gasteiger partial charge in [0.1, 0.15) is 11.5 Å². The number of benzene rings is 2. The predicted octanol–water partition coefficient (Wildman–Crippen LogP) is 4.90. The third kappa shape index (κ3) is 3.32. The quantitative estimate of drug-likeness (QED) is 0.795. The standard InChI is InChI=1S/C15H12F5N/c1-9-6-7-12(16)14(13(9)17)21-8-10-4-2-3-5-11(10)15(18,19)20/h2-7,21H,8H2,1H3. The summed E-state index contributed by atoms with van der Waals surface area (Å²) in [6.45, 7) is 1.12. The Morgan fingerprint density at radius 3 is 2.33 bits per heavy atom. The van der Waals surface area contributed by atoms with Crippen LogP contribution in [0.5, 0.6) is 0 Å². The van der Waals surface area contributed by atoms with Crippen LogP contribution < -0.4 is 5.32 Å². The molecule has 0 amide bonds. The van der Waals surface area contributed by atoms with Crippen molar-refractivity contribution in [1.29, 1.82) is 0 Å². The van der Waals surface area contributed by atoms with Crippen LogP contribution in [0, 0.1) is 18.6 Å². The lowest BCUT2D eigenvalue weighted by Gasteiger charge is -2.15. The average Bonchev–Trinajstić information content (AvgIpc) is 2.42. The molecule has 0 heterocycles. The van der Waals surface area contributed by atoms with E-state index < -0.39 is 29.1 Å². The Kier molecular flexibility index (Phi) is 4.16. The van der Waals surface area contributed by atoms with Gasteiger partial charge in [0, 0.05) is 6.54 Å². The number of halogens is 5. The lowest BCUT2D eigenvalue weighted by atomic mass is 10.1. The molecule has 0 radical (unpaired) electrons. The van der Waals surface area contributed by atoms with Gasteiger partial charge in [0.2, 0.25) is 0 Å². The molecule has 0 aliphatic heterocycles. The molecule has 0 spiro atoms. The molecule has 0 fully saturated rings. The fraction of sp³-hybridized carbons (Fsp3) is 0.200. The molecule has 6 heteroatoms. The van der Waals surface area contributed by atoms with Crippen molar-refractivity contribution in [2.75, 3.05) is 5.32 Å². The summed E-state index contributed by atoms with van der Waals surface area (Å²) in [7, 11) is 0. The van der Waals surface area contributed by atoms with Crippen molar-refractivity contribution in [2.24, 2.45) is 0 Å². The van der Waals surface area contributed by atoms with Gasteiger partial charge >= 0.3 is 6.18 Å². The molecule has 0 bridgehead atoms. The van der Waals surface area contributed by atoms with Gasteiger partial charge in [-0.15, -0.1) is 0 Å². The summed E-state index contributed by atoms with van der Waals surface area (Å²) in [5.41, 5.74) is -1.12. The van der Waals surface area contributed by atoms with E-state index in [1.54, 1.807) is 0 Å². The molecule has 0 aliphatic rings. The first kappa shape index (κ1) is 15.3. The smallest absolute Gasteiger partial charge is 0.376 e. The Balaban J connectivity index is 2.28. The monoisotopic (exact) mass is 301 g/mol. The summed E-state index contributed by atoms with van der Waals surface area (Å²) in [5.74, 6) is -1.65. The SMILES string of the molecule is Cc1ccc(F)c(NCc2ccccc2C(F)(F)F)c1F. The van der Waals surface area contributed by atoms with Crippen LogP contribution in [0.4, 0.5) is 27.6 Å². The molecule has 0 unspecified atom stereocenters. The van der Waals surface area contributed by atoms with Crippen molar-refractivity contribution < 1.29 is 22.0 Å². The molecule has 2 rings (SSSR count). The Bertz CT molecular complexity index is 649. The van der Waals surface area contributed by atoms with Crippen LogP contribution in [0.3, 0.4) is 0 Å². The lowest BCUT2D eigenvalue weighted by molar-refractivity contribution is -0.138. The molecule has 2 aromatic rings. The maximum atomic E-state index is 13.8. The second-order valence-corrected chi connectivity index (χ2v) is 4.56. The summed E-state index contributed by atoms with van der Waals surface area (Å²) in [6.07, 6.45) is -4.51. The van der Waals surface area contributed by atoms with Gasteiger partial charge in [0.15, 0.2) is 5.82 Å². The largest absolute Gasteiger partial charge is 0.416 e. The molecule has 0 atom stereocenters. The van der Waals surface area contributed by atoms with E-state index in [-0.39, 0.29) is 17.7 Å². The van der Waals surface area contributed by atoms with E-state index in [0.717, 1.165) is 12.1 Å². The first-order valence-corrected chi connectivity index (χ1v) is 6.14. The first-order chi connectivity index (χ1) is 9.80. The molecule has 112 valence electrons. The molecular weight excluding hydrogens is 289 g/mol. The summed E-state index contributed by atoms with van der Waals surface area (Å²) in [4.78, 5) is 0. The second-order valence-electron chi connectivity index (χ2n) is 4.56. The molecule has 0 aromatic heterocycles. The number of hydrogen-bond acceptors (Lipinski definition) is 1. The van der Waals surface area contributed by atoms with E-state index in [0.29, 0.717) is 0 Å². The molecular formula is C15H12F5N. The number of alkyl halides is 3. The number of aryl methyl sites for hydroxylation is 1. The number of nitrogens with one attached hydrogen (secondary N) is 1. The van der Waals surface area contributed by atoms with Crippen LogP contribution in [0.15, 0.2) is 36.4 Å². The second kappa shape index (κ2) is 5.71. The highest BCUT2D eigenvalue weighted by molar-refractivity contribution is 5.49. The van der Waals surface area contributed by atoms with E-state index in [1.807, 2.05) is 0 Å². The zero-order valence-corrected chi connectivity index (χ0v) is 11.1. The molecule has 0 aliphatic carbocycles. The number of hydrogen-bond donors (Lipinski definition) is 1. The summed E-state index contributed by atoms with van der Waals surface area (Å²) in [6, 6.07) is 7.23. The fourth-order valence-corrected chi connectivity index (χ4v) is 1.95. The van der Waals surface area contributed by atoms with Crippen LogP contribution in [-0.2, 0) is 12.7 Å². The van der Waals surface area contributed by atoms with Crippen LogP contribution in [0.2, 0.25) is 0 Å². The van der Waals surface area contributed by atoms with Crippen molar-refractivity contribution in [3.63, 3.8) is 0 Å². The van der Waals surface area contributed by atoms with Gasteiger partial charge in [-0.05, 0) is 30.2 Å². The van der Waals surface area contributed by atoms with Crippen molar-refractivity contribution in [1.82, 2.24) is 0 Å². The molecule has 1 N–H and O–H groups in total. The molecule has 0 saturated heterocycles. The predicted molar refractivity (Wildman–Crippen MR) is 69.9 cm³/mol.